The molecule has 4 rings (SSSR count). The Kier molecular flexibility index (Phi) is 5.84. The second kappa shape index (κ2) is 8.67. The molecule has 0 N–H and O–H groups in total. The van der Waals surface area contributed by atoms with Gasteiger partial charge in [0.2, 0.25) is 0 Å². The lowest BCUT2D eigenvalue weighted by Crippen LogP contribution is -2.46. The number of piperazine rings is 1. The summed E-state index contributed by atoms with van der Waals surface area (Å²) >= 11 is 6.10. The molecule has 146 valence electrons. The van der Waals surface area contributed by atoms with E-state index in [0.29, 0.717) is 12.2 Å². The third-order valence-electron chi connectivity index (χ3n) is 5.03. The quantitative estimate of drug-likeness (QED) is 0.463. The minimum atomic E-state index is -0.346. The maximum Gasteiger partial charge on any atom is 0.336 e. The Morgan fingerprint density at radius 2 is 1.82 bits per heavy atom. The van der Waals surface area contributed by atoms with E-state index in [4.69, 9.17) is 20.8 Å². The summed E-state index contributed by atoms with van der Waals surface area (Å²) in [5.41, 5.74) is 1.40. The van der Waals surface area contributed by atoms with Crippen LogP contribution < -0.4 is 15.3 Å². The molecule has 0 saturated carbocycles. The van der Waals surface area contributed by atoms with Crippen molar-refractivity contribution in [1.29, 1.82) is 0 Å². The number of anilines is 1. The van der Waals surface area contributed by atoms with Crippen LogP contribution in [0.15, 0.2) is 63.8 Å². The second-order valence-corrected chi connectivity index (χ2v) is 7.40. The molecule has 1 fully saturated rings. The van der Waals surface area contributed by atoms with Gasteiger partial charge in [-0.05, 0) is 42.8 Å². The average Bonchev–Trinajstić information content (AvgIpc) is 2.71. The van der Waals surface area contributed by atoms with Gasteiger partial charge in [-0.15, -0.1) is 0 Å². The molecule has 0 amide bonds. The van der Waals surface area contributed by atoms with Gasteiger partial charge in [0.15, 0.2) is 0 Å². The lowest BCUT2D eigenvalue weighted by molar-refractivity contribution is 0.225. The van der Waals surface area contributed by atoms with E-state index >= 15 is 0 Å². The zero-order valence-electron chi connectivity index (χ0n) is 15.6. The van der Waals surface area contributed by atoms with Crippen LogP contribution in [0.2, 0.25) is 5.02 Å². The number of hydrogen-bond acceptors (Lipinski definition) is 5. The Bertz CT molecular complexity index is 996. The van der Waals surface area contributed by atoms with Crippen LogP contribution in [-0.2, 0) is 0 Å². The van der Waals surface area contributed by atoms with Gasteiger partial charge in [0, 0.05) is 61.0 Å². The van der Waals surface area contributed by atoms with Gasteiger partial charge in [0.25, 0.3) is 0 Å². The lowest BCUT2D eigenvalue weighted by Gasteiger charge is -2.36. The maximum absolute atomic E-state index is 11.3. The first kappa shape index (κ1) is 18.8. The highest BCUT2D eigenvalue weighted by atomic mass is 35.5. The van der Waals surface area contributed by atoms with Gasteiger partial charge in [-0.1, -0.05) is 17.7 Å². The standard InChI is InChI=1S/C22H23ClN2O3/c23-18-3-1-4-19(15-18)25-12-10-24(11-13-25)9-2-14-27-20-7-5-17-6-8-22(26)28-21(17)16-20/h1,3-8,15-16H,2,9-14H2. The highest BCUT2D eigenvalue weighted by Crippen LogP contribution is 2.21. The predicted octanol–water partition coefficient (Wildman–Crippen LogP) is 4.04. The van der Waals surface area contributed by atoms with Crippen molar-refractivity contribution >= 4 is 28.3 Å². The topological polar surface area (TPSA) is 45.9 Å². The van der Waals surface area contributed by atoms with Gasteiger partial charge in [-0.3, -0.25) is 4.90 Å². The van der Waals surface area contributed by atoms with Crippen molar-refractivity contribution in [3.63, 3.8) is 0 Å². The molecule has 2 aromatic carbocycles. The van der Waals surface area contributed by atoms with Crippen molar-refractivity contribution in [2.45, 2.75) is 6.42 Å². The summed E-state index contributed by atoms with van der Waals surface area (Å²) in [5.74, 6) is 0.729. The van der Waals surface area contributed by atoms with Crippen LogP contribution in [-0.4, -0.2) is 44.2 Å². The van der Waals surface area contributed by atoms with Crippen LogP contribution in [0.3, 0.4) is 0 Å². The van der Waals surface area contributed by atoms with E-state index in [1.165, 1.54) is 11.8 Å². The van der Waals surface area contributed by atoms with Gasteiger partial charge in [-0.2, -0.15) is 0 Å². The number of benzene rings is 2. The van der Waals surface area contributed by atoms with Crippen LogP contribution in [0, 0.1) is 0 Å². The van der Waals surface area contributed by atoms with E-state index in [2.05, 4.69) is 15.9 Å². The van der Waals surface area contributed by atoms with Crippen molar-refractivity contribution in [3.05, 3.63) is 70.0 Å². The minimum Gasteiger partial charge on any atom is -0.493 e. The highest BCUT2D eigenvalue weighted by molar-refractivity contribution is 6.30. The van der Waals surface area contributed by atoms with Gasteiger partial charge in [0.05, 0.1) is 6.61 Å². The summed E-state index contributed by atoms with van der Waals surface area (Å²) < 4.78 is 11.0. The number of fused-ring (bicyclic) bond motifs is 1. The summed E-state index contributed by atoms with van der Waals surface area (Å²) in [6.07, 6.45) is 0.952. The second-order valence-electron chi connectivity index (χ2n) is 6.96. The monoisotopic (exact) mass is 398 g/mol. The van der Waals surface area contributed by atoms with E-state index in [-0.39, 0.29) is 5.63 Å². The molecule has 0 radical (unpaired) electrons. The molecule has 1 saturated heterocycles. The van der Waals surface area contributed by atoms with Gasteiger partial charge >= 0.3 is 5.63 Å². The Balaban J connectivity index is 1.21. The van der Waals surface area contributed by atoms with Crippen molar-refractivity contribution in [1.82, 2.24) is 4.90 Å². The summed E-state index contributed by atoms with van der Waals surface area (Å²) in [4.78, 5) is 16.2. The van der Waals surface area contributed by atoms with Crippen LogP contribution >= 0.6 is 11.6 Å². The van der Waals surface area contributed by atoms with Crippen molar-refractivity contribution in [2.24, 2.45) is 0 Å². The van der Waals surface area contributed by atoms with Crippen LogP contribution in [0.5, 0.6) is 5.75 Å². The zero-order valence-corrected chi connectivity index (χ0v) is 16.4. The molecule has 3 aromatic rings. The van der Waals surface area contributed by atoms with Crippen LogP contribution in [0.4, 0.5) is 5.69 Å². The lowest BCUT2D eigenvalue weighted by atomic mass is 10.2. The van der Waals surface area contributed by atoms with Gasteiger partial charge < -0.3 is 14.1 Å². The number of halogens is 1. The summed E-state index contributed by atoms with van der Waals surface area (Å²) in [6, 6.07) is 16.8. The fourth-order valence-electron chi connectivity index (χ4n) is 3.51. The molecule has 0 unspecified atom stereocenters. The fourth-order valence-corrected chi connectivity index (χ4v) is 3.70. The maximum atomic E-state index is 11.3. The minimum absolute atomic E-state index is 0.346. The first-order valence-electron chi connectivity index (χ1n) is 9.57. The van der Waals surface area contributed by atoms with Crippen LogP contribution in [0.1, 0.15) is 6.42 Å². The highest BCUT2D eigenvalue weighted by Gasteiger charge is 2.17. The Morgan fingerprint density at radius 1 is 1.00 bits per heavy atom. The normalized spacial score (nSPS) is 15.1. The summed E-state index contributed by atoms with van der Waals surface area (Å²) in [7, 11) is 0. The molecule has 2 heterocycles. The molecule has 1 aliphatic heterocycles. The number of hydrogen-bond donors (Lipinski definition) is 0. The number of ether oxygens (including phenoxy) is 1. The predicted molar refractivity (Wildman–Crippen MR) is 113 cm³/mol. The van der Waals surface area contributed by atoms with E-state index in [0.717, 1.165) is 55.3 Å². The molecule has 0 aliphatic carbocycles. The molecule has 1 aliphatic rings. The molecule has 0 spiro atoms. The molecule has 1 aromatic heterocycles. The van der Waals surface area contributed by atoms with E-state index < -0.39 is 0 Å². The Morgan fingerprint density at radius 3 is 2.64 bits per heavy atom. The number of rotatable bonds is 6. The Hall–Kier alpha value is -2.50. The van der Waals surface area contributed by atoms with Crippen molar-refractivity contribution in [3.8, 4) is 5.75 Å². The molecule has 5 nitrogen and oxygen atoms in total. The largest absolute Gasteiger partial charge is 0.493 e. The third kappa shape index (κ3) is 4.66. The van der Waals surface area contributed by atoms with E-state index in [1.54, 1.807) is 12.1 Å². The average molecular weight is 399 g/mol. The molecule has 28 heavy (non-hydrogen) atoms. The van der Waals surface area contributed by atoms with Crippen molar-refractivity contribution < 1.29 is 9.15 Å². The zero-order chi connectivity index (χ0) is 19.3. The molecule has 0 atom stereocenters. The smallest absolute Gasteiger partial charge is 0.336 e. The molecule has 6 heteroatoms. The van der Waals surface area contributed by atoms with E-state index in [9.17, 15) is 4.79 Å². The van der Waals surface area contributed by atoms with Gasteiger partial charge in [-0.25, -0.2) is 4.79 Å². The summed E-state index contributed by atoms with van der Waals surface area (Å²) in [5, 5.41) is 1.68. The Labute approximate surface area is 169 Å². The fraction of sp³-hybridized carbons (Fsp3) is 0.318. The van der Waals surface area contributed by atoms with Crippen LogP contribution in [0.25, 0.3) is 11.0 Å². The van der Waals surface area contributed by atoms with E-state index in [1.807, 2.05) is 30.3 Å². The molecular formula is C22H23ClN2O3. The SMILES string of the molecule is O=c1ccc2ccc(OCCCN3CCN(c4cccc(Cl)c4)CC3)cc2o1. The van der Waals surface area contributed by atoms with Crippen molar-refractivity contribution in [2.75, 3.05) is 44.2 Å². The third-order valence-corrected chi connectivity index (χ3v) is 5.26. The van der Waals surface area contributed by atoms with Gasteiger partial charge in [0.1, 0.15) is 11.3 Å². The number of nitrogens with zero attached hydrogens (tertiary/aromatic N) is 2. The molecule has 0 bridgehead atoms. The first-order valence-corrected chi connectivity index (χ1v) is 9.95. The summed E-state index contributed by atoms with van der Waals surface area (Å²) in [6.45, 7) is 5.72. The molecular weight excluding hydrogens is 376 g/mol. The first-order chi connectivity index (χ1) is 13.7.